The van der Waals surface area contributed by atoms with Crippen LogP contribution in [-0.2, 0) is 4.74 Å². The number of hydrogen-bond donors (Lipinski definition) is 2. The second kappa shape index (κ2) is 10.7. The maximum atomic E-state index is 12.6. The number of amides is 2. The summed E-state index contributed by atoms with van der Waals surface area (Å²) in [6.07, 6.45) is 0.755. The van der Waals surface area contributed by atoms with Crippen molar-refractivity contribution in [2.45, 2.75) is 13.3 Å². The first-order valence-electron chi connectivity index (χ1n) is 8.66. The van der Waals surface area contributed by atoms with Crippen molar-refractivity contribution in [3.63, 3.8) is 0 Å². The first-order chi connectivity index (χ1) is 13.0. The van der Waals surface area contributed by atoms with Crippen LogP contribution >= 0.6 is 15.9 Å². The third-order valence-electron chi connectivity index (χ3n) is 3.70. The van der Waals surface area contributed by atoms with E-state index in [0.29, 0.717) is 42.3 Å². The van der Waals surface area contributed by atoms with Gasteiger partial charge in [-0.05, 0) is 55.8 Å². The molecule has 0 aliphatic heterocycles. The van der Waals surface area contributed by atoms with Crippen molar-refractivity contribution in [3.05, 3.63) is 58.1 Å². The minimum atomic E-state index is -0.281. The van der Waals surface area contributed by atoms with Gasteiger partial charge in [-0.15, -0.1) is 0 Å². The van der Waals surface area contributed by atoms with Gasteiger partial charge in [-0.3, -0.25) is 9.59 Å². The maximum absolute atomic E-state index is 12.6. The molecule has 2 N–H and O–H groups in total. The van der Waals surface area contributed by atoms with Gasteiger partial charge < -0.3 is 20.1 Å². The smallest absolute Gasteiger partial charge is 0.259 e. The molecule has 144 valence electrons. The van der Waals surface area contributed by atoms with Crippen LogP contribution in [0.15, 0.2) is 46.9 Å². The minimum Gasteiger partial charge on any atom is -0.493 e. The number of ether oxygens (including phenoxy) is 2. The van der Waals surface area contributed by atoms with Crippen LogP contribution in [0.5, 0.6) is 5.75 Å². The van der Waals surface area contributed by atoms with Crippen molar-refractivity contribution in [3.8, 4) is 5.75 Å². The van der Waals surface area contributed by atoms with E-state index in [1.807, 2.05) is 13.0 Å². The summed E-state index contributed by atoms with van der Waals surface area (Å²) in [5.41, 5.74) is 1.56. The molecule has 0 spiro atoms. The van der Waals surface area contributed by atoms with Gasteiger partial charge in [0.1, 0.15) is 5.75 Å². The lowest BCUT2D eigenvalue weighted by Crippen LogP contribution is -2.25. The summed E-state index contributed by atoms with van der Waals surface area (Å²) in [6, 6.07) is 12.0. The van der Waals surface area contributed by atoms with E-state index in [1.165, 1.54) is 0 Å². The lowest BCUT2D eigenvalue weighted by atomic mass is 10.1. The Hall–Kier alpha value is -2.38. The predicted molar refractivity (Wildman–Crippen MR) is 109 cm³/mol. The Bertz CT molecular complexity index is 778. The highest BCUT2D eigenvalue weighted by Crippen LogP contribution is 2.24. The number of rotatable bonds is 9. The van der Waals surface area contributed by atoms with Crippen LogP contribution in [0.25, 0.3) is 0 Å². The molecule has 0 unspecified atom stereocenters. The van der Waals surface area contributed by atoms with E-state index in [2.05, 4.69) is 26.6 Å². The van der Waals surface area contributed by atoms with Gasteiger partial charge in [-0.25, -0.2) is 0 Å². The van der Waals surface area contributed by atoms with Crippen LogP contribution in [0.1, 0.15) is 34.1 Å². The van der Waals surface area contributed by atoms with Crippen LogP contribution < -0.4 is 15.4 Å². The Balaban J connectivity index is 2.01. The highest BCUT2D eigenvalue weighted by Gasteiger charge is 2.14. The molecule has 2 amide bonds. The second-order valence-electron chi connectivity index (χ2n) is 5.71. The van der Waals surface area contributed by atoms with Crippen molar-refractivity contribution in [1.82, 2.24) is 5.32 Å². The maximum Gasteiger partial charge on any atom is 0.259 e. The molecular weight excluding hydrogens is 412 g/mol. The molecule has 6 nitrogen and oxygen atoms in total. The number of carbonyl (C=O) groups excluding carboxylic acids is 2. The summed E-state index contributed by atoms with van der Waals surface area (Å²) in [6.45, 7) is 3.48. The van der Waals surface area contributed by atoms with E-state index in [1.54, 1.807) is 43.5 Å². The molecule has 0 fully saturated rings. The van der Waals surface area contributed by atoms with Crippen LogP contribution in [0.4, 0.5) is 5.69 Å². The summed E-state index contributed by atoms with van der Waals surface area (Å²) >= 11 is 3.37. The fourth-order valence-electron chi connectivity index (χ4n) is 2.38. The number of halogens is 1. The second-order valence-corrected chi connectivity index (χ2v) is 6.62. The Morgan fingerprint density at radius 2 is 1.81 bits per heavy atom. The van der Waals surface area contributed by atoms with E-state index in [0.717, 1.165) is 10.9 Å². The zero-order valence-electron chi connectivity index (χ0n) is 15.4. The van der Waals surface area contributed by atoms with E-state index in [-0.39, 0.29) is 11.8 Å². The minimum absolute atomic E-state index is 0.158. The van der Waals surface area contributed by atoms with Gasteiger partial charge in [0.2, 0.25) is 0 Å². The standard InChI is InChI=1S/C20H23BrN2O4/c1-3-27-18-10-7-15(21)13-17(18)20(25)23-16-8-5-14(6-9-16)19(24)22-11-4-12-26-2/h5-10,13H,3-4,11-12H2,1-2H3,(H,22,24)(H,23,25). The van der Waals surface area contributed by atoms with Crippen LogP contribution in [0.3, 0.4) is 0 Å². The molecule has 0 atom stereocenters. The Morgan fingerprint density at radius 1 is 1.07 bits per heavy atom. The van der Waals surface area contributed by atoms with Gasteiger partial charge in [0.05, 0.1) is 12.2 Å². The average molecular weight is 435 g/mol. The summed E-state index contributed by atoms with van der Waals surface area (Å²) < 4.78 is 11.2. The summed E-state index contributed by atoms with van der Waals surface area (Å²) in [5.74, 6) is 0.0800. The van der Waals surface area contributed by atoms with Gasteiger partial charge in [0, 0.05) is 36.0 Å². The molecule has 2 aromatic rings. The normalized spacial score (nSPS) is 10.3. The summed E-state index contributed by atoms with van der Waals surface area (Å²) in [4.78, 5) is 24.6. The highest BCUT2D eigenvalue weighted by atomic mass is 79.9. The Kier molecular flexibility index (Phi) is 8.29. The summed E-state index contributed by atoms with van der Waals surface area (Å²) in [7, 11) is 1.63. The number of hydrogen-bond acceptors (Lipinski definition) is 4. The zero-order valence-corrected chi connectivity index (χ0v) is 17.0. The van der Waals surface area contributed by atoms with Crippen molar-refractivity contribution < 1.29 is 19.1 Å². The topological polar surface area (TPSA) is 76.7 Å². The fourth-order valence-corrected chi connectivity index (χ4v) is 2.75. The van der Waals surface area contributed by atoms with Gasteiger partial charge in [-0.1, -0.05) is 15.9 Å². The quantitative estimate of drug-likeness (QED) is 0.587. The monoisotopic (exact) mass is 434 g/mol. The van der Waals surface area contributed by atoms with Gasteiger partial charge >= 0.3 is 0 Å². The van der Waals surface area contributed by atoms with Crippen molar-refractivity contribution in [1.29, 1.82) is 0 Å². The van der Waals surface area contributed by atoms with Gasteiger partial charge in [-0.2, -0.15) is 0 Å². The number of methoxy groups -OCH3 is 1. The molecule has 0 aliphatic rings. The third kappa shape index (κ3) is 6.37. The lowest BCUT2D eigenvalue weighted by Gasteiger charge is -2.11. The SMILES string of the molecule is CCOc1ccc(Br)cc1C(=O)Nc1ccc(C(=O)NCCCOC)cc1. The predicted octanol–water partition coefficient (Wildman–Crippen LogP) is 3.87. The highest BCUT2D eigenvalue weighted by molar-refractivity contribution is 9.10. The lowest BCUT2D eigenvalue weighted by molar-refractivity contribution is 0.0948. The van der Waals surface area contributed by atoms with E-state index < -0.39 is 0 Å². The summed E-state index contributed by atoms with van der Waals surface area (Å²) in [5, 5.41) is 5.64. The third-order valence-corrected chi connectivity index (χ3v) is 4.20. The molecule has 2 aromatic carbocycles. The molecule has 0 aliphatic carbocycles. The Labute approximate surface area is 167 Å². The van der Waals surface area contributed by atoms with E-state index in [9.17, 15) is 9.59 Å². The number of benzene rings is 2. The molecule has 0 radical (unpaired) electrons. The Morgan fingerprint density at radius 3 is 2.48 bits per heavy atom. The molecule has 0 bridgehead atoms. The number of anilines is 1. The first-order valence-corrected chi connectivity index (χ1v) is 9.45. The molecule has 27 heavy (non-hydrogen) atoms. The molecule has 0 saturated carbocycles. The van der Waals surface area contributed by atoms with Gasteiger partial charge in [0.15, 0.2) is 0 Å². The van der Waals surface area contributed by atoms with E-state index >= 15 is 0 Å². The molecule has 2 rings (SSSR count). The number of carbonyl (C=O) groups is 2. The van der Waals surface area contributed by atoms with E-state index in [4.69, 9.17) is 9.47 Å². The molecule has 7 heteroatoms. The van der Waals surface area contributed by atoms with Crippen LogP contribution in [-0.4, -0.2) is 38.7 Å². The van der Waals surface area contributed by atoms with Crippen LogP contribution in [0, 0.1) is 0 Å². The average Bonchev–Trinajstić information content (AvgIpc) is 2.67. The largest absolute Gasteiger partial charge is 0.493 e. The molecular formula is C20H23BrN2O4. The van der Waals surface area contributed by atoms with Crippen molar-refractivity contribution in [2.75, 3.05) is 32.2 Å². The van der Waals surface area contributed by atoms with Crippen molar-refractivity contribution >= 4 is 33.4 Å². The van der Waals surface area contributed by atoms with Crippen molar-refractivity contribution in [2.24, 2.45) is 0 Å². The molecule has 0 heterocycles. The zero-order chi connectivity index (χ0) is 19.6. The molecule has 0 aromatic heterocycles. The molecule has 0 saturated heterocycles. The number of nitrogens with one attached hydrogen (secondary N) is 2. The van der Waals surface area contributed by atoms with Gasteiger partial charge in [0.25, 0.3) is 11.8 Å². The van der Waals surface area contributed by atoms with Crippen LogP contribution in [0.2, 0.25) is 0 Å². The fraction of sp³-hybridized carbons (Fsp3) is 0.300. The first kappa shape index (κ1) is 20.9.